The molecule has 1 aliphatic rings. The van der Waals surface area contributed by atoms with Crippen LogP contribution in [0.4, 0.5) is 0 Å². The van der Waals surface area contributed by atoms with Gasteiger partial charge in [0.2, 0.25) is 0 Å². The summed E-state index contributed by atoms with van der Waals surface area (Å²) in [5.41, 5.74) is 10.0. The van der Waals surface area contributed by atoms with E-state index in [1.165, 1.54) is 11.1 Å². The van der Waals surface area contributed by atoms with E-state index in [1.807, 2.05) is 18.3 Å². The largest absolute Gasteiger partial charge is 0.507 e. The molecule has 0 radical (unpaired) electrons. The molecule has 0 amide bonds. The van der Waals surface area contributed by atoms with Gasteiger partial charge in [-0.2, -0.15) is 0 Å². The molecule has 3 heterocycles. The molecular formula is C37H34N4O. The van der Waals surface area contributed by atoms with E-state index in [2.05, 4.69) is 99.1 Å². The zero-order chi connectivity index (χ0) is 29.0. The van der Waals surface area contributed by atoms with Crippen LogP contribution in [-0.2, 0) is 12.8 Å². The van der Waals surface area contributed by atoms with Crippen molar-refractivity contribution in [1.82, 2.24) is 19.5 Å². The number of phenolic OH excluding ortho intramolecular Hbond substituents is 1. The number of nitrogens with zero attached hydrogens (tertiary/aromatic N) is 4. The first-order valence-corrected chi connectivity index (χ1v) is 14.8. The molecule has 42 heavy (non-hydrogen) atoms. The molecule has 1 N–H and O–H groups in total. The van der Waals surface area contributed by atoms with E-state index in [0.29, 0.717) is 11.8 Å². The number of para-hydroxylation sites is 1. The van der Waals surface area contributed by atoms with Gasteiger partial charge in [0.15, 0.2) is 5.82 Å². The Morgan fingerprint density at radius 1 is 0.690 bits per heavy atom. The highest BCUT2D eigenvalue weighted by Crippen LogP contribution is 2.41. The highest BCUT2D eigenvalue weighted by atomic mass is 16.3. The second-order valence-electron chi connectivity index (χ2n) is 11.8. The van der Waals surface area contributed by atoms with Crippen molar-refractivity contribution in [2.24, 2.45) is 0 Å². The Morgan fingerprint density at radius 3 is 2.21 bits per heavy atom. The third-order valence-corrected chi connectivity index (χ3v) is 8.45. The average molecular weight is 551 g/mol. The Bertz CT molecular complexity index is 1940. The third-order valence-electron chi connectivity index (χ3n) is 8.45. The van der Waals surface area contributed by atoms with Crippen molar-refractivity contribution < 1.29 is 5.11 Å². The van der Waals surface area contributed by atoms with Gasteiger partial charge >= 0.3 is 0 Å². The van der Waals surface area contributed by atoms with Gasteiger partial charge in [-0.3, -0.25) is 9.55 Å². The lowest BCUT2D eigenvalue weighted by Gasteiger charge is -2.22. The fourth-order valence-corrected chi connectivity index (χ4v) is 6.32. The van der Waals surface area contributed by atoms with E-state index < -0.39 is 0 Å². The molecule has 0 saturated heterocycles. The summed E-state index contributed by atoms with van der Waals surface area (Å²) in [6, 6.07) is 26.9. The number of fused-ring (bicyclic) bond motifs is 4. The minimum Gasteiger partial charge on any atom is -0.507 e. The smallest absolute Gasteiger partial charge is 0.164 e. The fraction of sp³-hybridized carbons (Fsp3) is 0.216. The van der Waals surface area contributed by atoms with Gasteiger partial charge in [0, 0.05) is 23.3 Å². The van der Waals surface area contributed by atoms with Crippen LogP contribution >= 0.6 is 0 Å². The molecule has 3 aromatic heterocycles. The summed E-state index contributed by atoms with van der Waals surface area (Å²) in [6.45, 7) is 8.97. The number of imidazole rings is 1. The summed E-state index contributed by atoms with van der Waals surface area (Å²) < 4.78 is 2.24. The van der Waals surface area contributed by atoms with Crippen molar-refractivity contribution in [3.63, 3.8) is 0 Å². The average Bonchev–Trinajstić information content (AvgIpc) is 3.45. The van der Waals surface area contributed by atoms with Crippen LogP contribution in [0.15, 0.2) is 91.3 Å². The number of rotatable bonds is 5. The molecule has 1 aliphatic carbocycles. The normalized spacial score (nSPS) is 12.6. The van der Waals surface area contributed by atoms with Gasteiger partial charge in [-0.25, -0.2) is 9.97 Å². The maximum absolute atomic E-state index is 10.8. The lowest BCUT2D eigenvalue weighted by molar-refractivity contribution is 0.476. The van der Waals surface area contributed by atoms with Gasteiger partial charge in [0.1, 0.15) is 17.1 Å². The zero-order valence-corrected chi connectivity index (χ0v) is 24.5. The van der Waals surface area contributed by atoms with Crippen LogP contribution in [0.1, 0.15) is 61.8 Å². The van der Waals surface area contributed by atoms with Crippen LogP contribution in [0, 0.1) is 0 Å². The quantitative estimate of drug-likeness (QED) is 0.233. The highest BCUT2D eigenvalue weighted by Gasteiger charge is 2.25. The third kappa shape index (κ3) is 4.28. The van der Waals surface area contributed by atoms with Gasteiger partial charge in [0.05, 0.1) is 17.1 Å². The summed E-state index contributed by atoms with van der Waals surface area (Å²) >= 11 is 0. The molecule has 0 spiro atoms. The second kappa shape index (κ2) is 10.3. The predicted octanol–water partition coefficient (Wildman–Crippen LogP) is 8.87. The van der Waals surface area contributed by atoms with E-state index in [0.717, 1.165) is 74.6 Å². The van der Waals surface area contributed by atoms with Crippen molar-refractivity contribution in [2.75, 3.05) is 0 Å². The molecule has 3 aromatic carbocycles. The van der Waals surface area contributed by atoms with Crippen molar-refractivity contribution in [1.29, 1.82) is 0 Å². The van der Waals surface area contributed by atoms with Crippen LogP contribution in [0.2, 0.25) is 0 Å². The molecule has 5 heteroatoms. The van der Waals surface area contributed by atoms with Crippen LogP contribution in [0.25, 0.3) is 50.6 Å². The Balaban J connectivity index is 1.51. The van der Waals surface area contributed by atoms with E-state index in [1.54, 1.807) is 6.07 Å². The molecule has 0 saturated carbocycles. The Labute approximate surface area is 246 Å². The number of phenols is 1. The number of hydrogen-bond donors (Lipinski definition) is 1. The van der Waals surface area contributed by atoms with E-state index in [9.17, 15) is 5.11 Å². The zero-order valence-electron chi connectivity index (χ0n) is 24.5. The lowest BCUT2D eigenvalue weighted by atomic mass is 9.88. The highest BCUT2D eigenvalue weighted by molar-refractivity contribution is 5.93. The second-order valence-corrected chi connectivity index (χ2v) is 11.8. The van der Waals surface area contributed by atoms with E-state index >= 15 is 0 Å². The molecule has 5 nitrogen and oxygen atoms in total. The SMILES string of the molecule is CC(C)c1cccc(C(C)C)c1-n1cc(-c2ccc3c(n2)-c2c(O)cccc2CC3)nc1-c1nccc2ccccc12. The molecule has 0 aliphatic heterocycles. The molecule has 0 unspecified atom stereocenters. The first-order chi connectivity index (χ1) is 20.4. The number of hydrogen-bond acceptors (Lipinski definition) is 4. The molecule has 6 aromatic rings. The van der Waals surface area contributed by atoms with Gasteiger partial charge < -0.3 is 5.11 Å². The van der Waals surface area contributed by atoms with Gasteiger partial charge in [-0.1, -0.05) is 88.4 Å². The standard InChI is InChI=1S/C37H34N4O/c1-22(2)27-12-8-13-28(23(3)4)36(27)41-21-31(40-37(41)35-29-11-6-5-9-24(29)19-20-38-35)30-18-17-26-16-15-25-10-7-14-32(42)33(25)34(26)39-30/h5-14,17-23,42H,15-16H2,1-4H3. The van der Waals surface area contributed by atoms with Gasteiger partial charge in [-0.05, 0) is 70.5 Å². The molecular weight excluding hydrogens is 516 g/mol. The summed E-state index contributed by atoms with van der Waals surface area (Å²) in [4.78, 5) is 15.3. The number of aryl methyl sites for hydroxylation is 2. The minimum absolute atomic E-state index is 0.275. The molecule has 7 rings (SSSR count). The van der Waals surface area contributed by atoms with Gasteiger partial charge in [0.25, 0.3) is 0 Å². The summed E-state index contributed by atoms with van der Waals surface area (Å²) in [5.74, 6) is 1.70. The van der Waals surface area contributed by atoms with Crippen LogP contribution in [0.3, 0.4) is 0 Å². The Morgan fingerprint density at radius 2 is 1.43 bits per heavy atom. The summed E-state index contributed by atoms with van der Waals surface area (Å²) in [7, 11) is 0. The molecule has 208 valence electrons. The van der Waals surface area contributed by atoms with Gasteiger partial charge in [-0.15, -0.1) is 0 Å². The first kappa shape index (κ1) is 26.1. The van der Waals surface area contributed by atoms with Crippen LogP contribution in [0.5, 0.6) is 5.75 Å². The summed E-state index contributed by atoms with van der Waals surface area (Å²) in [6.07, 6.45) is 5.78. The predicted molar refractivity (Wildman–Crippen MR) is 170 cm³/mol. The van der Waals surface area contributed by atoms with Crippen LogP contribution < -0.4 is 0 Å². The fourth-order valence-electron chi connectivity index (χ4n) is 6.32. The maximum Gasteiger partial charge on any atom is 0.164 e. The van der Waals surface area contributed by atoms with E-state index in [-0.39, 0.29) is 5.75 Å². The molecule has 0 atom stereocenters. The summed E-state index contributed by atoms with van der Waals surface area (Å²) in [5, 5.41) is 13.0. The van der Waals surface area contributed by atoms with E-state index in [4.69, 9.17) is 15.0 Å². The van der Waals surface area contributed by atoms with Crippen molar-refractivity contribution >= 4 is 10.8 Å². The minimum atomic E-state index is 0.275. The van der Waals surface area contributed by atoms with Crippen LogP contribution in [-0.4, -0.2) is 24.6 Å². The first-order valence-electron chi connectivity index (χ1n) is 14.8. The monoisotopic (exact) mass is 550 g/mol. The van der Waals surface area contributed by atoms with Crippen molar-refractivity contribution in [2.45, 2.75) is 52.4 Å². The van der Waals surface area contributed by atoms with Crippen molar-refractivity contribution in [3.8, 4) is 45.6 Å². The number of aromatic hydroxyl groups is 1. The Kier molecular flexibility index (Phi) is 6.38. The molecule has 0 fully saturated rings. The Hall–Kier alpha value is -4.77. The molecule has 0 bridgehead atoms. The maximum atomic E-state index is 10.8. The number of pyridine rings is 2. The van der Waals surface area contributed by atoms with Crippen molar-refractivity contribution in [3.05, 3.63) is 114 Å². The number of aromatic nitrogens is 4. The number of benzene rings is 3. The topological polar surface area (TPSA) is 63.8 Å². The lowest BCUT2D eigenvalue weighted by Crippen LogP contribution is -2.08.